The lowest BCUT2D eigenvalue weighted by Gasteiger charge is -2.38. The van der Waals surface area contributed by atoms with Crippen molar-refractivity contribution in [2.45, 2.75) is 57.7 Å². The highest BCUT2D eigenvalue weighted by molar-refractivity contribution is 7.11. The van der Waals surface area contributed by atoms with Crippen molar-refractivity contribution in [2.75, 3.05) is 39.3 Å². The van der Waals surface area contributed by atoms with Gasteiger partial charge in [0.25, 0.3) is 5.91 Å². The molecule has 10 nitrogen and oxygen atoms in total. The van der Waals surface area contributed by atoms with Crippen LogP contribution in [0, 0.1) is 24.1 Å². The number of benzene rings is 1. The number of fused-ring (bicyclic) bond motifs is 1. The summed E-state index contributed by atoms with van der Waals surface area (Å²) in [5.74, 6) is -2.80. The lowest BCUT2D eigenvalue weighted by molar-refractivity contribution is -0.152. The average Bonchev–Trinajstić information content (AvgIpc) is 3.77. The number of likely N-dealkylation sites (tertiary alicyclic amines) is 2. The Morgan fingerprint density at radius 1 is 1.22 bits per heavy atom. The molecule has 0 unspecified atom stereocenters. The third kappa shape index (κ3) is 5.65. The van der Waals surface area contributed by atoms with Gasteiger partial charge in [0.05, 0.1) is 17.6 Å². The molecule has 1 aromatic carbocycles. The minimum absolute atomic E-state index is 0.0192. The summed E-state index contributed by atoms with van der Waals surface area (Å²) in [6.45, 7) is 4.29. The molecule has 1 aromatic heterocycles. The fourth-order valence-corrected chi connectivity index (χ4v) is 7.88. The van der Waals surface area contributed by atoms with Crippen LogP contribution in [-0.4, -0.2) is 88.6 Å². The van der Waals surface area contributed by atoms with Crippen LogP contribution in [0.2, 0.25) is 0 Å². The van der Waals surface area contributed by atoms with Crippen LogP contribution in [0.15, 0.2) is 46.0 Å². The van der Waals surface area contributed by atoms with Crippen LogP contribution < -0.4 is 5.32 Å². The predicted molar refractivity (Wildman–Crippen MR) is 163 cm³/mol. The molecule has 1 saturated carbocycles. The van der Waals surface area contributed by atoms with Crippen molar-refractivity contribution in [1.29, 1.82) is 0 Å². The number of nitrogens with zero attached hydrogens (tertiary/aromatic N) is 4. The van der Waals surface area contributed by atoms with E-state index in [1.807, 2.05) is 4.90 Å². The first-order valence-corrected chi connectivity index (χ1v) is 16.3. The number of carboxylic acid groups (broad SMARTS) is 1. The molecule has 0 spiro atoms. The second-order valence-corrected chi connectivity index (χ2v) is 13.3. The van der Waals surface area contributed by atoms with E-state index in [2.05, 4.69) is 10.3 Å². The van der Waals surface area contributed by atoms with Crippen LogP contribution in [0.3, 0.4) is 0 Å². The van der Waals surface area contributed by atoms with Crippen LogP contribution >= 0.6 is 11.3 Å². The Hall–Kier alpha value is -3.71. The van der Waals surface area contributed by atoms with Gasteiger partial charge in [-0.1, -0.05) is 25.0 Å². The Labute approximate surface area is 264 Å². The largest absolute Gasteiger partial charge is 0.481 e. The number of aromatic nitrogens is 1. The maximum Gasteiger partial charge on any atom is 0.338 e. The second kappa shape index (κ2) is 12.2. The van der Waals surface area contributed by atoms with Gasteiger partial charge in [0.1, 0.15) is 11.9 Å². The molecule has 2 N–H and O–H groups in total. The van der Waals surface area contributed by atoms with E-state index < -0.39 is 46.7 Å². The summed E-state index contributed by atoms with van der Waals surface area (Å²) in [7, 11) is 0. The van der Waals surface area contributed by atoms with Gasteiger partial charge in [0, 0.05) is 62.3 Å². The summed E-state index contributed by atoms with van der Waals surface area (Å²) in [5, 5.41) is 15.6. The Balaban J connectivity index is 1.30. The van der Waals surface area contributed by atoms with Crippen LogP contribution in [0.4, 0.5) is 8.78 Å². The molecule has 2 saturated heterocycles. The molecule has 3 aliphatic heterocycles. The number of aliphatic carboxylic acids is 1. The summed E-state index contributed by atoms with van der Waals surface area (Å²) in [6.07, 6.45) is 4.11. The van der Waals surface area contributed by atoms with E-state index >= 15 is 4.39 Å². The van der Waals surface area contributed by atoms with Gasteiger partial charge < -0.3 is 20.1 Å². The van der Waals surface area contributed by atoms with Crippen molar-refractivity contribution in [2.24, 2.45) is 16.3 Å². The van der Waals surface area contributed by atoms with E-state index in [0.717, 1.165) is 12.8 Å². The highest BCUT2D eigenvalue weighted by Gasteiger charge is 2.59. The molecule has 3 atom stereocenters. The molecule has 4 aliphatic rings. The molecule has 240 valence electrons. The van der Waals surface area contributed by atoms with Gasteiger partial charge in [-0.3, -0.25) is 19.5 Å². The summed E-state index contributed by atoms with van der Waals surface area (Å²) in [4.78, 5) is 51.7. The normalized spacial score (nSPS) is 26.4. The number of rotatable bonds is 9. The van der Waals surface area contributed by atoms with Crippen LogP contribution in [0.25, 0.3) is 0 Å². The number of hydrogen-bond acceptors (Lipinski definition) is 9. The highest BCUT2D eigenvalue weighted by Crippen LogP contribution is 2.45. The second-order valence-electron chi connectivity index (χ2n) is 12.4. The minimum Gasteiger partial charge on any atom is -0.481 e. The number of ether oxygens (including phenoxy) is 1. The summed E-state index contributed by atoms with van der Waals surface area (Å²) in [5.41, 5.74) is -1.49. The smallest absolute Gasteiger partial charge is 0.338 e. The van der Waals surface area contributed by atoms with E-state index in [1.165, 1.54) is 22.3 Å². The first-order chi connectivity index (χ1) is 21.6. The Kier molecular flexibility index (Phi) is 8.51. The third-order valence-electron chi connectivity index (χ3n) is 9.75. The topological polar surface area (TPSA) is 124 Å². The lowest BCUT2D eigenvalue weighted by atomic mass is 9.84. The maximum atomic E-state index is 16.3. The molecule has 0 radical (unpaired) electrons. The lowest BCUT2D eigenvalue weighted by Crippen LogP contribution is -2.52. The predicted octanol–water partition coefficient (Wildman–Crippen LogP) is 4.02. The van der Waals surface area contributed by atoms with Gasteiger partial charge >= 0.3 is 11.9 Å². The SMILES string of the molecule is CCOC(=O)C1=C(CN2CC[C@]3(F)C(=O)N(CC4(C(=O)O)CCCC4)C[C@@H]3C2)NC(c2nccs2)=N[C@H]1c1cccc(F)c1C. The molecule has 0 bridgehead atoms. The zero-order chi connectivity index (χ0) is 31.9. The molecular weight excluding hydrogens is 604 g/mol. The molecule has 4 heterocycles. The summed E-state index contributed by atoms with van der Waals surface area (Å²) in [6, 6.07) is 3.80. The summed E-state index contributed by atoms with van der Waals surface area (Å²) >= 11 is 1.36. The molecule has 3 fully saturated rings. The van der Waals surface area contributed by atoms with Crippen molar-refractivity contribution < 1.29 is 33.0 Å². The number of hydrogen-bond donors (Lipinski definition) is 2. The van der Waals surface area contributed by atoms with E-state index in [9.17, 15) is 23.9 Å². The van der Waals surface area contributed by atoms with Crippen molar-refractivity contribution in [3.8, 4) is 0 Å². The number of thiazole rings is 1. The minimum atomic E-state index is -2.07. The standard InChI is InChI=1S/C32H37F2N5O5S/c1-3-44-28(40)24-23(36-26(27-35-12-14-45-27)37-25(24)21-7-6-8-22(33)19(21)2)17-38-13-11-32(34)20(15-38)16-39(29(32)41)18-31(30(42)43)9-4-5-10-31/h6-8,12,14,20,25H,3-5,9-11,13,15-18H2,1-2H3,(H,36,37)(H,42,43)/t20-,25-,32+/m0/s1. The van der Waals surface area contributed by atoms with Crippen molar-refractivity contribution >= 4 is 35.0 Å². The van der Waals surface area contributed by atoms with Gasteiger partial charge in [0.2, 0.25) is 0 Å². The van der Waals surface area contributed by atoms with Crippen LogP contribution in [-0.2, 0) is 19.1 Å². The number of halogens is 2. The zero-order valence-electron chi connectivity index (χ0n) is 25.4. The van der Waals surface area contributed by atoms with Gasteiger partial charge in [-0.25, -0.2) is 18.6 Å². The van der Waals surface area contributed by atoms with Gasteiger partial charge in [-0.2, -0.15) is 0 Å². The molecule has 2 aromatic rings. The fraction of sp³-hybridized carbons (Fsp3) is 0.531. The van der Waals surface area contributed by atoms with E-state index in [-0.39, 0.29) is 51.3 Å². The molecule has 6 rings (SSSR count). The Morgan fingerprint density at radius 3 is 2.69 bits per heavy atom. The average molecular weight is 642 g/mol. The van der Waals surface area contributed by atoms with Gasteiger partial charge in [0.15, 0.2) is 16.5 Å². The molecule has 1 aliphatic carbocycles. The number of carboxylic acids is 1. The molecule has 1 amide bonds. The molecular formula is C32H37F2N5O5S. The number of aliphatic imine (C=N–C) groups is 1. The number of piperidine rings is 1. The first kappa shape index (κ1) is 31.3. The van der Waals surface area contributed by atoms with Crippen molar-refractivity contribution in [3.05, 3.63) is 63.0 Å². The number of carbonyl (C=O) groups is 3. The number of amidine groups is 1. The first-order valence-electron chi connectivity index (χ1n) is 15.4. The third-order valence-corrected chi connectivity index (χ3v) is 10.5. The zero-order valence-corrected chi connectivity index (χ0v) is 26.2. The Bertz CT molecular complexity index is 1560. The van der Waals surface area contributed by atoms with Crippen molar-refractivity contribution in [1.82, 2.24) is 20.1 Å². The highest BCUT2D eigenvalue weighted by atomic mass is 32.1. The quantitative estimate of drug-likeness (QED) is 0.394. The van der Waals surface area contributed by atoms with E-state index in [0.29, 0.717) is 40.5 Å². The van der Waals surface area contributed by atoms with E-state index in [4.69, 9.17) is 9.73 Å². The molecule has 45 heavy (non-hydrogen) atoms. The van der Waals surface area contributed by atoms with E-state index in [1.54, 1.807) is 37.6 Å². The summed E-state index contributed by atoms with van der Waals surface area (Å²) < 4.78 is 36.6. The van der Waals surface area contributed by atoms with Crippen LogP contribution in [0.5, 0.6) is 0 Å². The number of nitrogens with one attached hydrogen (secondary N) is 1. The molecule has 13 heteroatoms. The maximum absolute atomic E-state index is 16.3. The van der Waals surface area contributed by atoms with Crippen LogP contribution in [0.1, 0.15) is 61.2 Å². The van der Waals surface area contributed by atoms with Gasteiger partial charge in [-0.15, -0.1) is 11.3 Å². The fourth-order valence-electron chi connectivity index (χ4n) is 7.29. The van der Waals surface area contributed by atoms with Gasteiger partial charge in [-0.05, 0) is 43.9 Å². The number of esters is 1. The Morgan fingerprint density at radius 2 is 2.00 bits per heavy atom. The monoisotopic (exact) mass is 641 g/mol. The number of amides is 1. The number of carbonyl (C=O) groups excluding carboxylic acids is 2. The number of alkyl halides is 1. The van der Waals surface area contributed by atoms with Crippen molar-refractivity contribution in [3.63, 3.8) is 0 Å².